The zero-order chi connectivity index (χ0) is 29.8. The van der Waals surface area contributed by atoms with Crippen molar-refractivity contribution in [3.63, 3.8) is 0 Å². The lowest BCUT2D eigenvalue weighted by molar-refractivity contribution is -0.123. The second-order valence-corrected chi connectivity index (χ2v) is 12.0. The topological polar surface area (TPSA) is 98.1 Å². The Hall–Kier alpha value is -3.52. The summed E-state index contributed by atoms with van der Waals surface area (Å²) in [5.41, 5.74) is 4.78. The zero-order valence-corrected chi connectivity index (χ0v) is 25.2. The number of para-hydroxylation sites is 1. The van der Waals surface area contributed by atoms with E-state index in [4.69, 9.17) is 0 Å². The van der Waals surface area contributed by atoms with Gasteiger partial charge in [0.15, 0.2) is 0 Å². The molecule has 3 aromatic carbocycles. The van der Waals surface area contributed by atoms with Crippen molar-refractivity contribution in [2.24, 2.45) is 17.8 Å². The fourth-order valence-electron chi connectivity index (χ4n) is 6.56. The van der Waals surface area contributed by atoms with E-state index < -0.39 is 23.9 Å². The van der Waals surface area contributed by atoms with Gasteiger partial charge >= 0.3 is 0 Å². The van der Waals surface area contributed by atoms with Crippen LogP contribution in [0.15, 0.2) is 94.5 Å². The van der Waals surface area contributed by atoms with Crippen molar-refractivity contribution in [1.82, 2.24) is 0 Å². The number of aromatic hydroxyl groups is 1. The molecule has 1 aliphatic heterocycles. The Morgan fingerprint density at radius 2 is 1.71 bits per heavy atom. The number of phenolic OH excluding ortho intramolecular Hbond substituents is 1. The summed E-state index contributed by atoms with van der Waals surface area (Å²) in [5, 5.41) is 32.9. The van der Waals surface area contributed by atoms with Crippen LogP contribution in [0.1, 0.15) is 50.2 Å². The standard InChI is InChI=1S/C35H36BrNO5/c1-2-9-24-20-28-33(35(42)37(34(28)41)27-12-7-4-8-13-27)29(21-38)32(24)31(40)16-14-23(22-10-5-3-6-11-22)18-25-19-26(36)15-17-30(25)39/h3-8,10-13,15,17-19,28-29,31,33,38-40H,2,9,14,16,20-21H2,1H3/b23-18-/t28-,29+,31-,33-/m1/s1. The van der Waals surface area contributed by atoms with Gasteiger partial charge in [0.05, 0.1) is 30.2 Å². The normalized spacial score (nSPS) is 21.6. The lowest BCUT2D eigenvalue weighted by atomic mass is 9.67. The molecule has 0 unspecified atom stereocenters. The van der Waals surface area contributed by atoms with E-state index >= 15 is 0 Å². The number of phenols is 1. The predicted molar refractivity (Wildman–Crippen MR) is 168 cm³/mol. The second-order valence-electron chi connectivity index (χ2n) is 11.1. The number of anilines is 1. The predicted octanol–water partition coefficient (Wildman–Crippen LogP) is 6.75. The SMILES string of the molecule is CCCC1=C([C@H](O)CC/C(=C/c2cc(Br)ccc2O)c2ccccc2)[C@H](CO)[C@@H]2C(=O)N(c3ccccc3)C(=O)[C@@H]2C1. The van der Waals surface area contributed by atoms with Gasteiger partial charge in [-0.3, -0.25) is 14.5 Å². The minimum atomic E-state index is -0.901. The van der Waals surface area contributed by atoms with Gasteiger partial charge in [-0.2, -0.15) is 0 Å². The van der Waals surface area contributed by atoms with Gasteiger partial charge in [-0.1, -0.05) is 83.4 Å². The molecule has 6 nitrogen and oxygen atoms in total. The number of fused-ring (bicyclic) bond motifs is 1. The Labute approximate surface area is 255 Å². The largest absolute Gasteiger partial charge is 0.507 e. The van der Waals surface area contributed by atoms with Crippen molar-refractivity contribution >= 4 is 45.1 Å². The number of carbonyl (C=O) groups excluding carboxylic acids is 2. The maximum absolute atomic E-state index is 13.7. The quantitative estimate of drug-likeness (QED) is 0.131. The van der Waals surface area contributed by atoms with E-state index in [0.29, 0.717) is 42.5 Å². The van der Waals surface area contributed by atoms with Crippen LogP contribution in [0.4, 0.5) is 5.69 Å². The minimum absolute atomic E-state index is 0.158. The molecule has 0 spiro atoms. The lowest BCUT2D eigenvalue weighted by Gasteiger charge is -2.36. The summed E-state index contributed by atoms with van der Waals surface area (Å²) >= 11 is 3.48. The molecule has 0 saturated carbocycles. The monoisotopic (exact) mass is 629 g/mol. The Morgan fingerprint density at radius 1 is 1.02 bits per heavy atom. The smallest absolute Gasteiger partial charge is 0.238 e. The van der Waals surface area contributed by atoms with Crippen LogP contribution in [0.5, 0.6) is 5.75 Å². The van der Waals surface area contributed by atoms with Gasteiger partial charge in [-0.05, 0) is 78.8 Å². The number of amides is 2. The first-order valence-electron chi connectivity index (χ1n) is 14.5. The number of allylic oxidation sites excluding steroid dienone is 2. The van der Waals surface area contributed by atoms with Gasteiger partial charge < -0.3 is 15.3 Å². The molecule has 2 aliphatic rings. The Morgan fingerprint density at radius 3 is 2.38 bits per heavy atom. The fourth-order valence-corrected chi connectivity index (χ4v) is 6.94. The van der Waals surface area contributed by atoms with E-state index in [1.54, 1.807) is 36.4 Å². The molecule has 0 radical (unpaired) electrons. The van der Waals surface area contributed by atoms with E-state index in [-0.39, 0.29) is 24.2 Å². The van der Waals surface area contributed by atoms with Crippen molar-refractivity contribution in [1.29, 1.82) is 0 Å². The Balaban J connectivity index is 1.46. The number of aliphatic hydroxyl groups is 2. The van der Waals surface area contributed by atoms with Crippen LogP contribution in [-0.4, -0.2) is 39.8 Å². The zero-order valence-electron chi connectivity index (χ0n) is 23.6. The minimum Gasteiger partial charge on any atom is -0.507 e. The summed E-state index contributed by atoms with van der Waals surface area (Å²) in [5.74, 6) is -2.29. The summed E-state index contributed by atoms with van der Waals surface area (Å²) < 4.78 is 0.844. The highest BCUT2D eigenvalue weighted by atomic mass is 79.9. The van der Waals surface area contributed by atoms with Gasteiger partial charge in [-0.25, -0.2) is 0 Å². The summed E-state index contributed by atoms with van der Waals surface area (Å²) in [6.07, 6.45) is 3.80. The molecule has 4 atom stereocenters. The number of carbonyl (C=O) groups is 2. The molecule has 5 rings (SSSR count). The number of aliphatic hydroxyl groups excluding tert-OH is 2. The fraction of sp³-hybridized carbons (Fsp3) is 0.314. The van der Waals surface area contributed by atoms with Crippen LogP contribution in [-0.2, 0) is 9.59 Å². The van der Waals surface area contributed by atoms with Crippen LogP contribution in [0.2, 0.25) is 0 Å². The molecule has 1 heterocycles. The van der Waals surface area contributed by atoms with E-state index in [9.17, 15) is 24.9 Å². The van der Waals surface area contributed by atoms with E-state index in [0.717, 1.165) is 27.6 Å². The summed E-state index contributed by atoms with van der Waals surface area (Å²) in [4.78, 5) is 28.5. The molecule has 0 bridgehead atoms. The molecule has 3 N–H and O–H groups in total. The number of benzene rings is 3. The van der Waals surface area contributed by atoms with Gasteiger partial charge in [0.2, 0.25) is 11.8 Å². The van der Waals surface area contributed by atoms with Crippen molar-refractivity contribution < 1.29 is 24.9 Å². The van der Waals surface area contributed by atoms with Crippen LogP contribution < -0.4 is 4.90 Å². The third-order valence-corrected chi connectivity index (χ3v) is 8.95. The van der Waals surface area contributed by atoms with Crippen LogP contribution >= 0.6 is 15.9 Å². The molecule has 0 aromatic heterocycles. The van der Waals surface area contributed by atoms with Gasteiger partial charge in [0.1, 0.15) is 5.75 Å². The summed E-state index contributed by atoms with van der Waals surface area (Å²) in [6, 6.07) is 24.0. The lowest BCUT2D eigenvalue weighted by Crippen LogP contribution is -2.39. The van der Waals surface area contributed by atoms with E-state index in [2.05, 4.69) is 22.9 Å². The first kappa shape index (κ1) is 30.0. The second kappa shape index (κ2) is 13.2. The van der Waals surface area contributed by atoms with Crippen molar-refractivity contribution in [2.45, 2.75) is 45.1 Å². The molecule has 42 heavy (non-hydrogen) atoms. The third kappa shape index (κ3) is 6.00. The maximum Gasteiger partial charge on any atom is 0.238 e. The molecule has 1 aliphatic carbocycles. The Kier molecular flexibility index (Phi) is 9.41. The molecule has 2 amide bonds. The Bertz CT molecular complexity index is 1500. The number of halogens is 1. The van der Waals surface area contributed by atoms with Crippen LogP contribution in [0, 0.1) is 17.8 Å². The van der Waals surface area contributed by atoms with Gasteiger partial charge in [0.25, 0.3) is 0 Å². The highest BCUT2D eigenvalue weighted by molar-refractivity contribution is 9.10. The maximum atomic E-state index is 13.7. The molecule has 7 heteroatoms. The molecule has 1 saturated heterocycles. The van der Waals surface area contributed by atoms with Crippen molar-refractivity contribution in [2.75, 3.05) is 11.5 Å². The summed E-state index contributed by atoms with van der Waals surface area (Å²) in [6.45, 7) is 1.73. The molecule has 1 fully saturated rings. The number of nitrogens with zero attached hydrogens (tertiary/aromatic N) is 1. The molecule has 3 aromatic rings. The van der Waals surface area contributed by atoms with E-state index in [1.807, 2.05) is 48.5 Å². The van der Waals surface area contributed by atoms with Crippen molar-refractivity contribution in [3.8, 4) is 5.75 Å². The first-order valence-corrected chi connectivity index (χ1v) is 15.3. The number of imide groups is 1. The third-order valence-electron chi connectivity index (χ3n) is 8.46. The van der Waals surface area contributed by atoms with Crippen LogP contribution in [0.3, 0.4) is 0 Å². The molecular weight excluding hydrogens is 594 g/mol. The number of hydrogen-bond donors (Lipinski definition) is 3. The van der Waals surface area contributed by atoms with Gasteiger partial charge in [-0.15, -0.1) is 0 Å². The van der Waals surface area contributed by atoms with Crippen LogP contribution in [0.25, 0.3) is 11.6 Å². The molecular formula is C35H36BrNO5. The average Bonchev–Trinajstić information content (AvgIpc) is 3.25. The number of rotatable bonds is 10. The first-order chi connectivity index (χ1) is 20.3. The average molecular weight is 631 g/mol. The van der Waals surface area contributed by atoms with Gasteiger partial charge in [0, 0.05) is 16.0 Å². The highest BCUT2D eigenvalue weighted by Gasteiger charge is 2.55. The molecule has 218 valence electrons. The van der Waals surface area contributed by atoms with Crippen molar-refractivity contribution in [3.05, 3.63) is 106 Å². The number of hydrogen-bond acceptors (Lipinski definition) is 5. The highest BCUT2D eigenvalue weighted by Crippen LogP contribution is 2.48. The van der Waals surface area contributed by atoms with E-state index in [1.165, 1.54) is 4.90 Å². The summed E-state index contributed by atoms with van der Waals surface area (Å²) in [7, 11) is 0.